The molecular weight excluding hydrogens is 232 g/mol. The topological polar surface area (TPSA) is 78.9 Å². The van der Waals surface area contributed by atoms with E-state index in [4.69, 9.17) is 9.84 Å². The fraction of sp³-hybridized carbons (Fsp3) is 1.00. The van der Waals surface area contributed by atoms with Crippen molar-refractivity contribution in [3.63, 3.8) is 0 Å². The summed E-state index contributed by atoms with van der Waals surface area (Å²) in [7, 11) is -1.29. The third kappa shape index (κ3) is 5.22. The number of hydrogen-bond donors (Lipinski definition) is 2. The highest BCUT2D eigenvalue weighted by Crippen LogP contribution is 2.02. The zero-order chi connectivity index (χ0) is 12.0. The highest BCUT2D eigenvalue weighted by Gasteiger charge is 2.19. The standard InChI is InChI=1S/C9H20N2O4S/c1-11-3-5-15-9(8-11)7-10-16(13,14)6-2-4-12/h9-10,12H,2-8H2,1H3. The Morgan fingerprint density at radius 2 is 2.31 bits per heavy atom. The summed E-state index contributed by atoms with van der Waals surface area (Å²) in [4.78, 5) is 2.11. The van der Waals surface area contributed by atoms with Crippen molar-refractivity contribution in [3.05, 3.63) is 0 Å². The molecule has 7 heteroatoms. The van der Waals surface area contributed by atoms with Gasteiger partial charge in [0.05, 0.1) is 18.5 Å². The van der Waals surface area contributed by atoms with Crippen LogP contribution in [-0.4, -0.2) is 70.2 Å². The lowest BCUT2D eigenvalue weighted by molar-refractivity contribution is -0.0156. The molecule has 0 aromatic carbocycles. The number of nitrogens with one attached hydrogen (secondary N) is 1. The summed E-state index contributed by atoms with van der Waals surface area (Å²) in [6, 6.07) is 0. The molecule has 0 bridgehead atoms. The summed E-state index contributed by atoms with van der Waals surface area (Å²) in [5.41, 5.74) is 0. The summed E-state index contributed by atoms with van der Waals surface area (Å²) in [5.74, 6) is -0.0357. The van der Waals surface area contributed by atoms with Gasteiger partial charge >= 0.3 is 0 Å². The van der Waals surface area contributed by atoms with Crippen LogP contribution in [0.3, 0.4) is 0 Å². The van der Waals surface area contributed by atoms with Gasteiger partial charge in [-0.1, -0.05) is 0 Å². The number of ether oxygens (including phenoxy) is 1. The van der Waals surface area contributed by atoms with Crippen molar-refractivity contribution in [3.8, 4) is 0 Å². The number of hydrogen-bond acceptors (Lipinski definition) is 5. The zero-order valence-electron chi connectivity index (χ0n) is 9.55. The number of rotatable bonds is 6. The molecule has 1 saturated heterocycles. The Bertz CT molecular complexity index is 294. The molecule has 0 aromatic heterocycles. The van der Waals surface area contributed by atoms with Crippen LogP contribution in [0.25, 0.3) is 0 Å². The van der Waals surface area contributed by atoms with Gasteiger partial charge in [0.2, 0.25) is 10.0 Å². The van der Waals surface area contributed by atoms with Crippen LogP contribution in [0.1, 0.15) is 6.42 Å². The van der Waals surface area contributed by atoms with Crippen LogP contribution in [0.15, 0.2) is 0 Å². The fourth-order valence-corrected chi connectivity index (χ4v) is 2.63. The minimum absolute atomic E-state index is 0.0357. The average Bonchev–Trinajstić information content (AvgIpc) is 2.24. The van der Waals surface area contributed by atoms with E-state index in [-0.39, 0.29) is 24.9 Å². The van der Waals surface area contributed by atoms with E-state index in [0.717, 1.165) is 13.1 Å². The quantitative estimate of drug-likeness (QED) is 0.609. The van der Waals surface area contributed by atoms with Crippen molar-refractivity contribution in [2.24, 2.45) is 0 Å². The fourth-order valence-electron chi connectivity index (χ4n) is 1.54. The Labute approximate surface area is 96.6 Å². The lowest BCUT2D eigenvalue weighted by Crippen LogP contribution is -2.46. The summed E-state index contributed by atoms with van der Waals surface area (Å²) in [5, 5.41) is 8.56. The van der Waals surface area contributed by atoms with Gasteiger partial charge in [0.1, 0.15) is 0 Å². The third-order valence-corrected chi connectivity index (χ3v) is 3.88. The van der Waals surface area contributed by atoms with E-state index in [1.807, 2.05) is 7.05 Å². The smallest absolute Gasteiger partial charge is 0.211 e. The van der Waals surface area contributed by atoms with E-state index in [9.17, 15) is 8.42 Å². The monoisotopic (exact) mass is 252 g/mol. The summed E-state index contributed by atoms with van der Waals surface area (Å²) >= 11 is 0. The van der Waals surface area contributed by atoms with E-state index < -0.39 is 10.0 Å². The van der Waals surface area contributed by atoms with Crippen LogP contribution < -0.4 is 4.72 Å². The molecule has 1 aliphatic rings. The molecule has 1 rings (SSSR count). The summed E-state index contributed by atoms with van der Waals surface area (Å²) in [6.07, 6.45) is 0.184. The predicted molar refractivity (Wildman–Crippen MR) is 60.7 cm³/mol. The second-order valence-electron chi connectivity index (χ2n) is 4.00. The maximum atomic E-state index is 11.4. The zero-order valence-corrected chi connectivity index (χ0v) is 10.4. The van der Waals surface area contributed by atoms with E-state index in [2.05, 4.69) is 9.62 Å². The molecular formula is C9H20N2O4S. The molecule has 0 radical (unpaired) electrons. The maximum Gasteiger partial charge on any atom is 0.211 e. The summed E-state index contributed by atoms with van der Waals surface area (Å²) in [6.45, 7) is 2.46. The van der Waals surface area contributed by atoms with Crippen molar-refractivity contribution >= 4 is 10.0 Å². The van der Waals surface area contributed by atoms with E-state index >= 15 is 0 Å². The van der Waals surface area contributed by atoms with E-state index in [1.54, 1.807) is 0 Å². The Kier molecular flexibility index (Phi) is 5.63. The molecule has 96 valence electrons. The first-order chi connectivity index (χ1) is 7.53. The number of morpholine rings is 1. The molecule has 2 N–H and O–H groups in total. The van der Waals surface area contributed by atoms with Gasteiger partial charge in [0.15, 0.2) is 0 Å². The normalized spacial score (nSPS) is 23.5. The Morgan fingerprint density at radius 3 is 2.94 bits per heavy atom. The first-order valence-electron chi connectivity index (χ1n) is 5.42. The third-order valence-electron chi connectivity index (χ3n) is 2.44. The maximum absolute atomic E-state index is 11.4. The van der Waals surface area contributed by atoms with Gasteiger partial charge in [-0.15, -0.1) is 0 Å². The Hall–Kier alpha value is -0.210. The van der Waals surface area contributed by atoms with Gasteiger partial charge < -0.3 is 14.7 Å². The molecule has 1 aliphatic heterocycles. The number of aliphatic hydroxyl groups excluding tert-OH is 1. The van der Waals surface area contributed by atoms with E-state index in [1.165, 1.54) is 0 Å². The van der Waals surface area contributed by atoms with Crippen molar-refractivity contribution in [2.45, 2.75) is 12.5 Å². The predicted octanol–water partition coefficient (Wildman–Crippen LogP) is -1.38. The van der Waals surface area contributed by atoms with Crippen LogP contribution in [0, 0.1) is 0 Å². The van der Waals surface area contributed by atoms with Crippen LogP contribution in [0.5, 0.6) is 0 Å². The molecule has 1 unspecified atom stereocenters. The van der Waals surface area contributed by atoms with Crippen LogP contribution >= 0.6 is 0 Å². The van der Waals surface area contributed by atoms with Gasteiger partial charge in [0, 0.05) is 26.2 Å². The molecule has 16 heavy (non-hydrogen) atoms. The molecule has 6 nitrogen and oxygen atoms in total. The number of nitrogens with zero attached hydrogens (tertiary/aromatic N) is 1. The molecule has 0 amide bonds. The number of sulfonamides is 1. The molecule has 1 atom stereocenters. The van der Waals surface area contributed by atoms with Gasteiger partial charge in [-0.2, -0.15) is 0 Å². The molecule has 1 fully saturated rings. The van der Waals surface area contributed by atoms with Gasteiger partial charge in [-0.3, -0.25) is 0 Å². The van der Waals surface area contributed by atoms with Crippen LogP contribution in [0.2, 0.25) is 0 Å². The van der Waals surface area contributed by atoms with Crippen LogP contribution in [0.4, 0.5) is 0 Å². The van der Waals surface area contributed by atoms with Crippen molar-refractivity contribution in [1.29, 1.82) is 0 Å². The minimum atomic E-state index is -3.27. The first kappa shape index (κ1) is 13.9. The van der Waals surface area contributed by atoms with Gasteiger partial charge in [-0.25, -0.2) is 13.1 Å². The van der Waals surface area contributed by atoms with Crippen LogP contribution in [-0.2, 0) is 14.8 Å². The van der Waals surface area contributed by atoms with Gasteiger partial charge in [0.25, 0.3) is 0 Å². The molecule has 0 saturated carbocycles. The number of aliphatic hydroxyl groups is 1. The molecule has 0 spiro atoms. The Morgan fingerprint density at radius 1 is 1.56 bits per heavy atom. The average molecular weight is 252 g/mol. The Balaban J connectivity index is 2.27. The SMILES string of the molecule is CN1CCOC(CNS(=O)(=O)CCCO)C1. The summed E-state index contributed by atoms with van der Waals surface area (Å²) < 4.78 is 30.8. The lowest BCUT2D eigenvalue weighted by atomic mass is 10.3. The molecule has 1 heterocycles. The van der Waals surface area contributed by atoms with Crippen molar-refractivity contribution in [2.75, 3.05) is 45.6 Å². The number of likely N-dealkylation sites (N-methyl/N-ethyl adjacent to an activating group) is 1. The van der Waals surface area contributed by atoms with Crippen molar-refractivity contribution < 1.29 is 18.3 Å². The van der Waals surface area contributed by atoms with Gasteiger partial charge in [-0.05, 0) is 13.5 Å². The first-order valence-corrected chi connectivity index (χ1v) is 7.07. The lowest BCUT2D eigenvalue weighted by Gasteiger charge is -2.30. The second kappa shape index (κ2) is 6.51. The minimum Gasteiger partial charge on any atom is -0.396 e. The van der Waals surface area contributed by atoms with Crippen molar-refractivity contribution in [1.82, 2.24) is 9.62 Å². The van der Waals surface area contributed by atoms with E-state index in [0.29, 0.717) is 13.2 Å². The highest BCUT2D eigenvalue weighted by atomic mass is 32.2. The molecule has 0 aliphatic carbocycles. The molecule has 0 aromatic rings. The highest BCUT2D eigenvalue weighted by molar-refractivity contribution is 7.89. The second-order valence-corrected chi connectivity index (χ2v) is 5.93. The largest absolute Gasteiger partial charge is 0.396 e.